The van der Waals surface area contributed by atoms with Crippen LogP contribution in [0.25, 0.3) is 66.9 Å². The Labute approximate surface area is 333 Å². The number of aryl methyl sites for hydroxylation is 4. The van der Waals surface area contributed by atoms with Crippen molar-refractivity contribution < 1.29 is 5.11 Å². The molecule has 57 heavy (non-hydrogen) atoms. The highest BCUT2D eigenvalue weighted by molar-refractivity contribution is 5.88. The zero-order chi connectivity index (χ0) is 38.4. The number of aromatic hydroxyl groups is 1. The van der Waals surface area contributed by atoms with Crippen LogP contribution in [-0.4, -0.2) is 20.1 Å². The van der Waals surface area contributed by atoms with E-state index in [0.29, 0.717) is 0 Å². The van der Waals surface area contributed by atoms with Gasteiger partial charge in [0, 0.05) is 40.0 Å². The van der Waals surface area contributed by atoms with Crippen molar-refractivity contribution in [1.82, 2.24) is 15.0 Å². The summed E-state index contributed by atoms with van der Waals surface area (Å²) in [5.41, 5.74) is 16.0. The summed E-state index contributed by atoms with van der Waals surface area (Å²) < 4.78 is 0. The van der Waals surface area contributed by atoms with Crippen LogP contribution >= 0.6 is 0 Å². The van der Waals surface area contributed by atoms with E-state index < -0.39 is 0 Å². The number of rotatable bonds is 11. The molecule has 1 N–H and O–H groups in total. The SMILES string of the molecule is Oc1cc(-c2ccc3ccccc3n2)ccc1-c1ccccc1-c1cc(CCc2ccc(-c3ccccn3)cc2)cc(CCc2ccc(-c3ccccn3)cc2)c1. The van der Waals surface area contributed by atoms with Gasteiger partial charge in [0.25, 0.3) is 0 Å². The molecule has 3 aromatic heterocycles. The molecule has 0 saturated carbocycles. The number of phenolic OH excluding ortho intramolecular Hbond substituents is 1. The van der Waals surface area contributed by atoms with Crippen LogP contribution in [0.2, 0.25) is 0 Å². The van der Waals surface area contributed by atoms with Crippen LogP contribution in [0.5, 0.6) is 5.75 Å². The van der Waals surface area contributed by atoms with Gasteiger partial charge in [-0.05, 0) is 113 Å². The maximum Gasteiger partial charge on any atom is 0.124 e. The predicted octanol–water partition coefficient (Wildman–Crippen LogP) is 12.6. The lowest BCUT2D eigenvalue weighted by Crippen LogP contribution is -1.98. The lowest BCUT2D eigenvalue weighted by Gasteiger charge is -2.16. The fourth-order valence-electron chi connectivity index (χ4n) is 7.65. The van der Waals surface area contributed by atoms with Crippen LogP contribution in [0.3, 0.4) is 0 Å². The first-order valence-corrected chi connectivity index (χ1v) is 19.6. The predicted molar refractivity (Wildman–Crippen MR) is 234 cm³/mol. The van der Waals surface area contributed by atoms with Crippen LogP contribution in [-0.2, 0) is 25.7 Å². The van der Waals surface area contributed by atoms with E-state index in [1.54, 1.807) is 0 Å². The van der Waals surface area contributed by atoms with Crippen LogP contribution in [0.4, 0.5) is 0 Å². The highest BCUT2D eigenvalue weighted by Gasteiger charge is 2.15. The number of benzene rings is 6. The third-order valence-corrected chi connectivity index (χ3v) is 10.7. The van der Waals surface area contributed by atoms with Crippen LogP contribution in [0.1, 0.15) is 22.3 Å². The quantitative estimate of drug-likeness (QED) is 0.144. The molecular weight excluding hydrogens is 695 g/mol. The Morgan fingerprint density at radius 3 is 1.49 bits per heavy atom. The van der Waals surface area contributed by atoms with E-state index in [-0.39, 0.29) is 5.75 Å². The standard InChI is InChI=1S/C53H41N3O/c57-53-36-44(52-30-28-41-9-1-4-14-51(41)56-52)27-29-48(53)47-11-3-2-10-46(47)45-34-39(17-15-37-19-23-42(24-20-37)49-12-5-7-31-54-49)33-40(35-45)18-16-38-21-25-43(26-22-38)50-13-6-8-32-55-50/h1-14,19-36,57H,15-18H2. The Kier molecular flexibility index (Phi) is 10.1. The summed E-state index contributed by atoms with van der Waals surface area (Å²) in [6, 6.07) is 63.2. The number of para-hydroxylation sites is 1. The van der Waals surface area contributed by atoms with Crippen molar-refractivity contribution in [3.05, 3.63) is 217 Å². The smallest absolute Gasteiger partial charge is 0.124 e. The number of phenols is 1. The van der Waals surface area contributed by atoms with Gasteiger partial charge in [-0.15, -0.1) is 0 Å². The van der Waals surface area contributed by atoms with Gasteiger partial charge in [-0.2, -0.15) is 0 Å². The summed E-state index contributed by atoms with van der Waals surface area (Å²) >= 11 is 0. The second-order valence-corrected chi connectivity index (χ2v) is 14.5. The molecule has 0 bridgehead atoms. The number of hydrogen-bond donors (Lipinski definition) is 1. The van der Waals surface area contributed by atoms with Crippen molar-refractivity contribution in [2.24, 2.45) is 0 Å². The summed E-state index contributed by atoms with van der Waals surface area (Å²) in [4.78, 5) is 13.9. The van der Waals surface area contributed by atoms with E-state index >= 15 is 0 Å². The molecule has 0 aliphatic heterocycles. The average molecular weight is 736 g/mol. The molecule has 9 aromatic rings. The maximum atomic E-state index is 11.6. The summed E-state index contributed by atoms with van der Waals surface area (Å²) in [5.74, 6) is 0.231. The van der Waals surface area contributed by atoms with Gasteiger partial charge < -0.3 is 5.11 Å². The zero-order valence-corrected chi connectivity index (χ0v) is 31.6. The molecule has 0 fully saturated rings. The first-order chi connectivity index (χ1) is 28.1. The van der Waals surface area contributed by atoms with Crippen molar-refractivity contribution >= 4 is 10.9 Å². The van der Waals surface area contributed by atoms with Crippen molar-refractivity contribution in [2.45, 2.75) is 25.7 Å². The van der Waals surface area contributed by atoms with Gasteiger partial charge in [-0.1, -0.05) is 133 Å². The third-order valence-electron chi connectivity index (χ3n) is 10.7. The summed E-state index contributed by atoms with van der Waals surface area (Å²) in [7, 11) is 0. The van der Waals surface area contributed by atoms with E-state index in [1.807, 2.05) is 91.3 Å². The molecule has 9 rings (SSSR count). The van der Waals surface area contributed by atoms with E-state index in [1.165, 1.54) is 22.3 Å². The Morgan fingerprint density at radius 1 is 0.351 bits per heavy atom. The Bertz CT molecular complexity index is 2670. The number of fused-ring (bicyclic) bond motifs is 1. The molecule has 0 aliphatic rings. The second kappa shape index (κ2) is 16.3. The van der Waals surface area contributed by atoms with Gasteiger partial charge in [0.1, 0.15) is 5.75 Å². The first kappa shape index (κ1) is 35.5. The summed E-state index contributed by atoms with van der Waals surface area (Å²) in [6.07, 6.45) is 7.33. The molecule has 0 saturated heterocycles. The monoisotopic (exact) mass is 735 g/mol. The van der Waals surface area contributed by atoms with Gasteiger partial charge in [0.05, 0.1) is 22.6 Å². The molecule has 0 radical (unpaired) electrons. The molecule has 0 unspecified atom stereocenters. The van der Waals surface area contributed by atoms with Gasteiger partial charge >= 0.3 is 0 Å². The molecule has 4 nitrogen and oxygen atoms in total. The molecule has 0 atom stereocenters. The first-order valence-electron chi connectivity index (χ1n) is 19.6. The average Bonchev–Trinajstić information content (AvgIpc) is 3.28. The number of nitrogens with zero attached hydrogens (tertiary/aromatic N) is 3. The molecule has 0 aliphatic carbocycles. The fourth-order valence-corrected chi connectivity index (χ4v) is 7.65. The van der Waals surface area contributed by atoms with Gasteiger partial charge in [0.2, 0.25) is 0 Å². The van der Waals surface area contributed by atoms with Gasteiger partial charge in [0.15, 0.2) is 0 Å². The van der Waals surface area contributed by atoms with Crippen LogP contribution in [0.15, 0.2) is 194 Å². The number of pyridine rings is 3. The minimum absolute atomic E-state index is 0.231. The van der Waals surface area contributed by atoms with Crippen molar-refractivity contribution in [3.8, 4) is 61.8 Å². The lowest BCUT2D eigenvalue weighted by atomic mass is 9.89. The second-order valence-electron chi connectivity index (χ2n) is 14.5. The van der Waals surface area contributed by atoms with E-state index in [9.17, 15) is 5.11 Å². The lowest BCUT2D eigenvalue weighted by molar-refractivity contribution is 0.477. The van der Waals surface area contributed by atoms with Gasteiger partial charge in [-0.25, -0.2) is 4.98 Å². The zero-order valence-electron chi connectivity index (χ0n) is 31.6. The number of aromatic nitrogens is 3. The largest absolute Gasteiger partial charge is 0.507 e. The Morgan fingerprint density at radius 2 is 0.895 bits per heavy atom. The molecule has 274 valence electrons. The third kappa shape index (κ3) is 8.12. The Hall–Kier alpha value is -7.17. The minimum Gasteiger partial charge on any atom is -0.507 e. The van der Waals surface area contributed by atoms with Gasteiger partial charge in [-0.3, -0.25) is 9.97 Å². The molecule has 0 amide bonds. The highest BCUT2D eigenvalue weighted by atomic mass is 16.3. The van der Waals surface area contributed by atoms with E-state index in [0.717, 1.165) is 92.6 Å². The minimum atomic E-state index is 0.231. The van der Waals surface area contributed by atoms with E-state index in [2.05, 4.69) is 113 Å². The van der Waals surface area contributed by atoms with E-state index in [4.69, 9.17) is 4.98 Å². The highest BCUT2D eigenvalue weighted by Crippen LogP contribution is 2.39. The molecular formula is C53H41N3O. The molecule has 0 spiro atoms. The number of hydrogen-bond acceptors (Lipinski definition) is 4. The van der Waals surface area contributed by atoms with Crippen molar-refractivity contribution in [3.63, 3.8) is 0 Å². The molecule has 3 heterocycles. The van der Waals surface area contributed by atoms with Crippen molar-refractivity contribution in [2.75, 3.05) is 0 Å². The Balaban J connectivity index is 1.02. The molecule has 4 heteroatoms. The van der Waals surface area contributed by atoms with Crippen LogP contribution in [0, 0.1) is 0 Å². The summed E-state index contributed by atoms with van der Waals surface area (Å²) in [6.45, 7) is 0. The van der Waals surface area contributed by atoms with Crippen molar-refractivity contribution in [1.29, 1.82) is 0 Å². The summed E-state index contributed by atoms with van der Waals surface area (Å²) in [5, 5.41) is 12.7. The normalized spacial score (nSPS) is 11.2. The molecule has 6 aromatic carbocycles. The topological polar surface area (TPSA) is 58.9 Å². The maximum absolute atomic E-state index is 11.6. The fraction of sp³-hybridized carbons (Fsp3) is 0.0755. The van der Waals surface area contributed by atoms with Crippen LogP contribution < -0.4 is 0 Å².